The molecule has 0 spiro atoms. The quantitative estimate of drug-likeness (QED) is 0.593. The summed E-state index contributed by atoms with van der Waals surface area (Å²) in [6, 6.07) is 3.85. The lowest BCUT2D eigenvalue weighted by Gasteiger charge is -2.19. The average molecular weight is 247 g/mol. The lowest BCUT2D eigenvalue weighted by molar-refractivity contribution is 0.351. The molecule has 1 aliphatic carbocycles. The van der Waals surface area contributed by atoms with Crippen LogP contribution < -0.4 is 9.47 Å². The normalized spacial score (nSPS) is 15.7. The van der Waals surface area contributed by atoms with E-state index in [0.717, 1.165) is 36.1 Å². The summed E-state index contributed by atoms with van der Waals surface area (Å²) in [6.45, 7) is 2.06. The highest BCUT2D eigenvalue weighted by atomic mass is 16.5. The van der Waals surface area contributed by atoms with Crippen molar-refractivity contribution in [3.63, 3.8) is 0 Å². The molecule has 0 N–H and O–H groups in total. The lowest BCUT2D eigenvalue weighted by Crippen LogP contribution is -2.08. The molecule has 2 rings (SSSR count). The van der Waals surface area contributed by atoms with Crippen LogP contribution in [0, 0.1) is 0 Å². The van der Waals surface area contributed by atoms with Crippen molar-refractivity contribution in [3.05, 3.63) is 23.3 Å². The van der Waals surface area contributed by atoms with E-state index in [-0.39, 0.29) is 5.54 Å². The van der Waals surface area contributed by atoms with Crippen molar-refractivity contribution in [2.24, 2.45) is 4.99 Å². The van der Waals surface area contributed by atoms with Crippen molar-refractivity contribution in [3.8, 4) is 11.5 Å². The van der Waals surface area contributed by atoms with Crippen molar-refractivity contribution in [2.75, 3.05) is 14.2 Å². The lowest BCUT2D eigenvalue weighted by atomic mass is 9.95. The van der Waals surface area contributed by atoms with Gasteiger partial charge in [0.2, 0.25) is 6.08 Å². The van der Waals surface area contributed by atoms with Crippen molar-refractivity contribution in [1.82, 2.24) is 0 Å². The molecule has 0 atom stereocenters. The zero-order valence-electron chi connectivity index (χ0n) is 10.9. The van der Waals surface area contributed by atoms with Crippen LogP contribution in [-0.2, 0) is 16.8 Å². The molecule has 96 valence electrons. The van der Waals surface area contributed by atoms with Gasteiger partial charge in [0.05, 0.1) is 19.8 Å². The summed E-state index contributed by atoms with van der Waals surface area (Å²) >= 11 is 0. The predicted octanol–water partition coefficient (Wildman–Crippen LogP) is 2.59. The highest BCUT2D eigenvalue weighted by Crippen LogP contribution is 2.52. The van der Waals surface area contributed by atoms with Gasteiger partial charge in [-0.1, -0.05) is 13.0 Å². The smallest absolute Gasteiger partial charge is 0.235 e. The maximum atomic E-state index is 10.6. The second kappa shape index (κ2) is 4.83. The minimum atomic E-state index is -0.368. The van der Waals surface area contributed by atoms with Gasteiger partial charge >= 0.3 is 0 Å². The van der Waals surface area contributed by atoms with E-state index in [1.165, 1.54) is 0 Å². The Morgan fingerprint density at radius 3 is 2.50 bits per heavy atom. The van der Waals surface area contributed by atoms with Crippen LogP contribution >= 0.6 is 0 Å². The molecule has 0 heterocycles. The summed E-state index contributed by atoms with van der Waals surface area (Å²) in [5.41, 5.74) is 1.76. The molecule has 1 aromatic rings. The maximum absolute atomic E-state index is 10.6. The SMILES string of the molecule is CCc1c(C2(N=C=O)CC2)ccc(OC)c1OC. The average Bonchev–Trinajstić information content (AvgIpc) is 3.17. The molecule has 4 heteroatoms. The molecule has 1 saturated carbocycles. The van der Waals surface area contributed by atoms with Crippen LogP contribution in [0.5, 0.6) is 11.5 Å². The highest BCUT2D eigenvalue weighted by molar-refractivity contribution is 5.55. The van der Waals surface area contributed by atoms with E-state index in [0.29, 0.717) is 5.75 Å². The Morgan fingerprint density at radius 2 is 2.06 bits per heavy atom. The molecular formula is C14H17NO3. The first-order chi connectivity index (χ1) is 8.72. The van der Waals surface area contributed by atoms with Crippen LogP contribution in [0.2, 0.25) is 0 Å². The molecule has 4 nitrogen and oxygen atoms in total. The van der Waals surface area contributed by atoms with E-state index < -0.39 is 0 Å². The van der Waals surface area contributed by atoms with Gasteiger partial charge in [-0.05, 0) is 30.9 Å². The van der Waals surface area contributed by atoms with Crippen LogP contribution in [0.1, 0.15) is 30.9 Å². The molecule has 0 unspecified atom stereocenters. The van der Waals surface area contributed by atoms with Crippen molar-refractivity contribution >= 4 is 6.08 Å². The van der Waals surface area contributed by atoms with Crippen LogP contribution in [0.3, 0.4) is 0 Å². The first-order valence-electron chi connectivity index (χ1n) is 6.05. The molecular weight excluding hydrogens is 230 g/mol. The number of nitrogens with zero attached hydrogens (tertiary/aromatic N) is 1. The largest absolute Gasteiger partial charge is 0.493 e. The van der Waals surface area contributed by atoms with E-state index >= 15 is 0 Å². The fraction of sp³-hybridized carbons (Fsp3) is 0.500. The van der Waals surface area contributed by atoms with Gasteiger partial charge in [0.1, 0.15) is 0 Å². The van der Waals surface area contributed by atoms with Gasteiger partial charge in [0.15, 0.2) is 11.5 Å². The third kappa shape index (κ3) is 1.89. The van der Waals surface area contributed by atoms with Gasteiger partial charge in [-0.25, -0.2) is 4.79 Å². The Labute approximate surface area is 107 Å². The molecule has 1 aromatic carbocycles. The van der Waals surface area contributed by atoms with Crippen molar-refractivity contribution < 1.29 is 14.3 Å². The van der Waals surface area contributed by atoms with E-state index in [4.69, 9.17) is 9.47 Å². The van der Waals surface area contributed by atoms with Crippen LogP contribution in [0.4, 0.5) is 0 Å². The van der Waals surface area contributed by atoms with Crippen LogP contribution in [0.25, 0.3) is 0 Å². The third-order valence-corrected chi connectivity index (χ3v) is 3.49. The van der Waals surface area contributed by atoms with Crippen LogP contribution in [-0.4, -0.2) is 20.3 Å². The molecule has 1 aliphatic rings. The summed E-state index contributed by atoms with van der Waals surface area (Å²) in [7, 11) is 3.25. The second-order valence-electron chi connectivity index (χ2n) is 4.42. The van der Waals surface area contributed by atoms with E-state index in [1.807, 2.05) is 12.1 Å². The van der Waals surface area contributed by atoms with Gasteiger partial charge in [-0.15, -0.1) is 0 Å². The summed E-state index contributed by atoms with van der Waals surface area (Å²) < 4.78 is 10.7. The Hall–Kier alpha value is -1.80. The molecule has 18 heavy (non-hydrogen) atoms. The number of hydrogen-bond donors (Lipinski definition) is 0. The first kappa shape index (κ1) is 12.7. The minimum Gasteiger partial charge on any atom is -0.493 e. The summed E-state index contributed by atoms with van der Waals surface area (Å²) in [5.74, 6) is 1.45. The monoisotopic (exact) mass is 247 g/mol. The summed E-state index contributed by atoms with van der Waals surface area (Å²) in [4.78, 5) is 14.5. The topological polar surface area (TPSA) is 47.9 Å². The Kier molecular flexibility index (Phi) is 3.39. The number of hydrogen-bond acceptors (Lipinski definition) is 4. The van der Waals surface area contributed by atoms with Gasteiger partial charge < -0.3 is 9.47 Å². The second-order valence-corrected chi connectivity index (χ2v) is 4.42. The minimum absolute atomic E-state index is 0.368. The summed E-state index contributed by atoms with van der Waals surface area (Å²) in [6.07, 6.45) is 4.29. The van der Waals surface area contributed by atoms with Gasteiger partial charge in [0, 0.05) is 5.56 Å². The van der Waals surface area contributed by atoms with E-state index in [2.05, 4.69) is 11.9 Å². The van der Waals surface area contributed by atoms with Gasteiger partial charge in [-0.2, -0.15) is 4.99 Å². The van der Waals surface area contributed by atoms with E-state index in [1.54, 1.807) is 20.3 Å². The highest BCUT2D eigenvalue weighted by Gasteiger charge is 2.46. The zero-order valence-corrected chi connectivity index (χ0v) is 10.9. The third-order valence-electron chi connectivity index (χ3n) is 3.49. The van der Waals surface area contributed by atoms with Crippen molar-refractivity contribution in [1.29, 1.82) is 0 Å². The Balaban J connectivity index is 2.59. The van der Waals surface area contributed by atoms with Crippen LogP contribution in [0.15, 0.2) is 17.1 Å². The molecule has 1 fully saturated rings. The predicted molar refractivity (Wildman–Crippen MR) is 68.0 cm³/mol. The number of ether oxygens (including phenoxy) is 2. The van der Waals surface area contributed by atoms with Gasteiger partial charge in [0.25, 0.3) is 0 Å². The molecule has 0 radical (unpaired) electrons. The first-order valence-corrected chi connectivity index (χ1v) is 6.05. The summed E-state index contributed by atoms with van der Waals surface area (Å²) in [5, 5.41) is 0. The number of methoxy groups -OCH3 is 2. The number of carbonyl (C=O) groups excluding carboxylic acids is 1. The maximum Gasteiger partial charge on any atom is 0.235 e. The standard InChI is InChI=1S/C14H17NO3/c1-4-10-11(14(7-8-14)15-9-16)5-6-12(17-2)13(10)18-3/h5-6H,4,7-8H2,1-3H3. The Bertz CT molecular complexity index is 500. The molecule has 0 saturated heterocycles. The fourth-order valence-electron chi connectivity index (χ4n) is 2.42. The molecule has 0 amide bonds. The number of isocyanates is 1. The number of aliphatic imine (C=N–C) groups is 1. The molecule has 0 bridgehead atoms. The zero-order chi connectivity index (χ0) is 13.2. The number of benzene rings is 1. The van der Waals surface area contributed by atoms with Gasteiger partial charge in [-0.3, -0.25) is 0 Å². The number of rotatable bonds is 5. The van der Waals surface area contributed by atoms with E-state index in [9.17, 15) is 4.79 Å². The fourth-order valence-corrected chi connectivity index (χ4v) is 2.42. The Morgan fingerprint density at radius 1 is 1.33 bits per heavy atom. The molecule has 0 aliphatic heterocycles. The molecule has 0 aromatic heterocycles. The van der Waals surface area contributed by atoms with Crippen molar-refractivity contribution in [2.45, 2.75) is 31.7 Å².